The third-order valence-corrected chi connectivity index (χ3v) is 1.48. The number of aryl methyl sites for hydroxylation is 1. The number of rotatable bonds is 2. The summed E-state index contributed by atoms with van der Waals surface area (Å²) in [5, 5.41) is 4.21. The molecule has 0 aromatic carbocycles. The van der Waals surface area contributed by atoms with Gasteiger partial charge in [0.25, 0.3) is 0 Å². The Morgan fingerprint density at radius 1 is 1.55 bits per heavy atom. The van der Waals surface area contributed by atoms with Crippen molar-refractivity contribution in [3.63, 3.8) is 0 Å². The Morgan fingerprint density at radius 3 is 2.55 bits per heavy atom. The van der Waals surface area contributed by atoms with Crippen molar-refractivity contribution in [2.75, 3.05) is 0 Å². The van der Waals surface area contributed by atoms with Crippen LogP contribution in [-0.2, 0) is 6.54 Å². The lowest BCUT2D eigenvalue weighted by Crippen LogP contribution is -2.11. The molecule has 4 heteroatoms. The van der Waals surface area contributed by atoms with Gasteiger partial charge in [-0.25, -0.2) is 9.67 Å². The normalized spacial score (nSPS) is 11.0. The van der Waals surface area contributed by atoms with Gasteiger partial charge in [0.2, 0.25) is 0 Å². The molecule has 0 bridgehead atoms. The monoisotopic (exact) mass is 154 g/mol. The van der Waals surface area contributed by atoms with Crippen molar-refractivity contribution in [3.8, 4) is 0 Å². The van der Waals surface area contributed by atoms with Crippen LogP contribution in [0, 0.1) is 6.92 Å². The number of nitrogens with two attached hydrogens (primary N) is 1. The Labute approximate surface area is 66.4 Å². The molecule has 0 aliphatic carbocycles. The predicted octanol–water partition coefficient (Wildman–Crippen LogP) is 0.626. The fraction of sp³-hybridized carbons (Fsp3) is 0.714. The van der Waals surface area contributed by atoms with E-state index in [2.05, 4.69) is 23.9 Å². The van der Waals surface area contributed by atoms with Crippen LogP contribution in [0.4, 0.5) is 0 Å². The molecule has 0 radical (unpaired) electrons. The summed E-state index contributed by atoms with van der Waals surface area (Å²) in [7, 11) is 0. The topological polar surface area (TPSA) is 56.7 Å². The van der Waals surface area contributed by atoms with Crippen molar-refractivity contribution in [3.05, 3.63) is 11.6 Å². The van der Waals surface area contributed by atoms with Crippen LogP contribution in [0.3, 0.4) is 0 Å². The van der Waals surface area contributed by atoms with E-state index in [1.807, 2.05) is 11.6 Å². The van der Waals surface area contributed by atoms with Crippen LogP contribution in [0.15, 0.2) is 0 Å². The van der Waals surface area contributed by atoms with Crippen molar-refractivity contribution in [2.45, 2.75) is 33.4 Å². The second kappa shape index (κ2) is 3.00. The van der Waals surface area contributed by atoms with Gasteiger partial charge in [-0.2, -0.15) is 5.10 Å². The summed E-state index contributed by atoms with van der Waals surface area (Å²) in [6.45, 7) is 6.46. The summed E-state index contributed by atoms with van der Waals surface area (Å²) in [5.74, 6) is 1.65. The van der Waals surface area contributed by atoms with E-state index < -0.39 is 0 Å². The van der Waals surface area contributed by atoms with Crippen molar-refractivity contribution in [1.82, 2.24) is 14.8 Å². The molecule has 1 aromatic rings. The molecule has 62 valence electrons. The van der Waals surface area contributed by atoms with Crippen LogP contribution in [0.1, 0.15) is 31.5 Å². The maximum absolute atomic E-state index is 5.48. The molecule has 0 amide bonds. The number of hydrogen-bond donors (Lipinski definition) is 1. The highest BCUT2D eigenvalue weighted by Gasteiger charge is 2.07. The van der Waals surface area contributed by atoms with Crippen molar-refractivity contribution < 1.29 is 0 Å². The lowest BCUT2D eigenvalue weighted by Gasteiger charge is -2.06. The van der Waals surface area contributed by atoms with E-state index in [4.69, 9.17) is 5.73 Å². The molecule has 11 heavy (non-hydrogen) atoms. The quantitative estimate of drug-likeness (QED) is 0.679. The molecule has 0 saturated heterocycles. The van der Waals surface area contributed by atoms with Crippen LogP contribution in [0.5, 0.6) is 0 Å². The smallest absolute Gasteiger partial charge is 0.147 e. The lowest BCUT2D eigenvalue weighted by molar-refractivity contribution is 0.504. The molecule has 1 rings (SSSR count). The van der Waals surface area contributed by atoms with Gasteiger partial charge in [0.1, 0.15) is 11.6 Å². The first-order chi connectivity index (χ1) is 5.15. The zero-order valence-electron chi connectivity index (χ0n) is 7.20. The van der Waals surface area contributed by atoms with Crippen LogP contribution < -0.4 is 5.73 Å². The number of nitrogens with zero attached hydrogens (tertiary/aromatic N) is 3. The largest absolute Gasteiger partial charge is 0.324 e. The minimum absolute atomic E-state index is 0.342. The maximum atomic E-state index is 5.48. The third kappa shape index (κ3) is 1.57. The van der Waals surface area contributed by atoms with E-state index in [0.29, 0.717) is 12.6 Å². The summed E-state index contributed by atoms with van der Waals surface area (Å²) >= 11 is 0. The molecule has 0 spiro atoms. The summed E-state index contributed by atoms with van der Waals surface area (Å²) < 4.78 is 1.86. The second-order valence-electron chi connectivity index (χ2n) is 2.82. The molecule has 0 aliphatic rings. The first-order valence-electron chi connectivity index (χ1n) is 3.77. The van der Waals surface area contributed by atoms with E-state index in [-0.39, 0.29) is 0 Å². The Morgan fingerprint density at radius 2 is 2.18 bits per heavy atom. The zero-order valence-corrected chi connectivity index (χ0v) is 7.20. The number of aromatic nitrogens is 3. The molecule has 4 nitrogen and oxygen atoms in total. The van der Waals surface area contributed by atoms with Gasteiger partial charge >= 0.3 is 0 Å². The predicted molar refractivity (Wildman–Crippen MR) is 43.0 cm³/mol. The molecule has 0 unspecified atom stereocenters. The Kier molecular flexibility index (Phi) is 2.24. The third-order valence-electron chi connectivity index (χ3n) is 1.48. The van der Waals surface area contributed by atoms with Gasteiger partial charge in [-0.1, -0.05) is 0 Å². The standard InChI is InChI=1S/C7H14N4/c1-5(2)11-7(4-8)9-6(3)10-11/h5H,4,8H2,1-3H3. The second-order valence-corrected chi connectivity index (χ2v) is 2.82. The fourth-order valence-electron chi connectivity index (χ4n) is 1.03. The zero-order chi connectivity index (χ0) is 8.43. The maximum Gasteiger partial charge on any atom is 0.147 e. The van der Waals surface area contributed by atoms with Crippen LogP contribution in [0.2, 0.25) is 0 Å². The van der Waals surface area contributed by atoms with Crippen LogP contribution >= 0.6 is 0 Å². The van der Waals surface area contributed by atoms with Crippen molar-refractivity contribution in [2.24, 2.45) is 5.73 Å². The molecule has 1 aromatic heterocycles. The molecule has 0 fully saturated rings. The molecule has 0 aliphatic heterocycles. The van der Waals surface area contributed by atoms with Crippen molar-refractivity contribution >= 4 is 0 Å². The number of hydrogen-bond acceptors (Lipinski definition) is 3. The average Bonchev–Trinajstić information content (AvgIpc) is 2.30. The molecular weight excluding hydrogens is 140 g/mol. The first-order valence-corrected chi connectivity index (χ1v) is 3.77. The molecule has 0 atom stereocenters. The highest BCUT2D eigenvalue weighted by Crippen LogP contribution is 2.05. The lowest BCUT2D eigenvalue weighted by atomic mass is 10.4. The molecule has 1 heterocycles. The van der Waals surface area contributed by atoms with E-state index in [1.54, 1.807) is 0 Å². The van der Waals surface area contributed by atoms with Gasteiger partial charge in [-0.3, -0.25) is 0 Å². The minimum Gasteiger partial charge on any atom is -0.324 e. The minimum atomic E-state index is 0.342. The molecule has 2 N–H and O–H groups in total. The van der Waals surface area contributed by atoms with Gasteiger partial charge < -0.3 is 5.73 Å². The summed E-state index contributed by atoms with van der Waals surface area (Å²) in [5.41, 5.74) is 5.48. The summed E-state index contributed by atoms with van der Waals surface area (Å²) in [4.78, 5) is 4.18. The van der Waals surface area contributed by atoms with E-state index in [0.717, 1.165) is 11.6 Å². The SMILES string of the molecule is Cc1nc(CN)n(C(C)C)n1. The van der Waals surface area contributed by atoms with E-state index in [1.165, 1.54) is 0 Å². The van der Waals surface area contributed by atoms with Gasteiger partial charge in [0.15, 0.2) is 0 Å². The Hall–Kier alpha value is -0.900. The molecular formula is C7H14N4. The first kappa shape index (κ1) is 8.20. The van der Waals surface area contributed by atoms with Gasteiger partial charge in [0.05, 0.1) is 6.54 Å². The van der Waals surface area contributed by atoms with Crippen molar-refractivity contribution in [1.29, 1.82) is 0 Å². The molecule has 0 saturated carbocycles. The Balaban J connectivity index is 3.02. The van der Waals surface area contributed by atoms with Gasteiger partial charge in [0, 0.05) is 6.04 Å². The van der Waals surface area contributed by atoms with Crippen LogP contribution in [-0.4, -0.2) is 14.8 Å². The summed E-state index contributed by atoms with van der Waals surface area (Å²) in [6, 6.07) is 0.342. The highest BCUT2D eigenvalue weighted by atomic mass is 15.4. The van der Waals surface area contributed by atoms with E-state index in [9.17, 15) is 0 Å². The van der Waals surface area contributed by atoms with Gasteiger partial charge in [-0.15, -0.1) is 0 Å². The van der Waals surface area contributed by atoms with Crippen LogP contribution in [0.25, 0.3) is 0 Å². The highest BCUT2D eigenvalue weighted by molar-refractivity contribution is 4.91. The fourth-order valence-corrected chi connectivity index (χ4v) is 1.03. The average molecular weight is 154 g/mol. The van der Waals surface area contributed by atoms with E-state index >= 15 is 0 Å². The summed E-state index contributed by atoms with van der Waals surface area (Å²) in [6.07, 6.45) is 0. The Bertz CT molecular complexity index is 239. The van der Waals surface area contributed by atoms with Gasteiger partial charge in [-0.05, 0) is 20.8 Å².